The number of nitrogens with one attached hydrogen (secondary N) is 2. The minimum atomic E-state index is 0.105. The van der Waals surface area contributed by atoms with Gasteiger partial charge in [-0.15, -0.1) is 0 Å². The first-order valence-corrected chi connectivity index (χ1v) is 5.84. The third-order valence-corrected chi connectivity index (χ3v) is 2.95. The molecule has 5 nitrogen and oxygen atoms in total. The van der Waals surface area contributed by atoms with E-state index in [2.05, 4.69) is 16.7 Å². The molecule has 1 aromatic rings. The third-order valence-electron chi connectivity index (χ3n) is 2.95. The molecule has 94 valence electrons. The van der Waals surface area contributed by atoms with Crippen molar-refractivity contribution in [3.05, 3.63) is 23.8 Å². The maximum Gasteiger partial charge on any atom is 0.220 e. The van der Waals surface area contributed by atoms with Crippen LogP contribution in [-0.4, -0.2) is 25.6 Å². The number of ether oxygens (including phenoxy) is 1. The number of nitrogens with zero attached hydrogens (tertiary/aromatic N) is 1. The average molecular weight is 245 g/mol. The maximum absolute atomic E-state index is 11.1. The molecule has 0 aromatic heterocycles. The van der Waals surface area contributed by atoms with Crippen LogP contribution in [0.25, 0.3) is 0 Å². The zero-order chi connectivity index (χ0) is 13.0. The summed E-state index contributed by atoms with van der Waals surface area (Å²) >= 11 is 0. The van der Waals surface area contributed by atoms with Crippen molar-refractivity contribution in [1.82, 2.24) is 5.32 Å². The zero-order valence-electron chi connectivity index (χ0n) is 10.2. The highest BCUT2D eigenvalue weighted by atomic mass is 16.5. The Kier molecular flexibility index (Phi) is 3.68. The molecule has 1 aromatic carbocycles. The summed E-state index contributed by atoms with van der Waals surface area (Å²) in [5.74, 6) is 0.743. The van der Waals surface area contributed by atoms with Gasteiger partial charge in [-0.2, -0.15) is 5.26 Å². The Labute approximate surface area is 106 Å². The monoisotopic (exact) mass is 245 g/mol. The standard InChI is InChI=1S/C13H15N3O2/c1-18-12-6-9(7-14)2-4-11(12)15-8-10-3-5-13(17)16-10/h2,4,6,10,15H,3,5,8H2,1H3,(H,16,17). The number of methoxy groups -OCH3 is 1. The number of nitriles is 1. The second kappa shape index (κ2) is 5.41. The Morgan fingerprint density at radius 2 is 2.44 bits per heavy atom. The molecule has 1 heterocycles. The van der Waals surface area contributed by atoms with Crippen molar-refractivity contribution < 1.29 is 9.53 Å². The first kappa shape index (κ1) is 12.2. The minimum absolute atomic E-state index is 0.105. The Bertz CT molecular complexity index is 493. The SMILES string of the molecule is COc1cc(C#N)ccc1NCC1CCC(=O)N1. The van der Waals surface area contributed by atoms with Crippen molar-refractivity contribution in [3.8, 4) is 11.8 Å². The van der Waals surface area contributed by atoms with E-state index in [-0.39, 0.29) is 11.9 Å². The van der Waals surface area contributed by atoms with Gasteiger partial charge in [-0.25, -0.2) is 0 Å². The molecule has 2 rings (SSSR count). The smallest absolute Gasteiger partial charge is 0.220 e. The van der Waals surface area contributed by atoms with E-state index in [4.69, 9.17) is 10.00 Å². The van der Waals surface area contributed by atoms with E-state index in [0.717, 1.165) is 12.1 Å². The van der Waals surface area contributed by atoms with E-state index in [9.17, 15) is 4.79 Å². The lowest BCUT2D eigenvalue weighted by Crippen LogP contribution is -2.31. The third kappa shape index (κ3) is 2.72. The van der Waals surface area contributed by atoms with Gasteiger partial charge < -0.3 is 15.4 Å². The van der Waals surface area contributed by atoms with Crippen LogP contribution in [0, 0.1) is 11.3 Å². The molecule has 0 spiro atoms. The summed E-state index contributed by atoms with van der Waals surface area (Å²) < 4.78 is 5.22. The van der Waals surface area contributed by atoms with Crippen molar-refractivity contribution in [3.63, 3.8) is 0 Å². The molecule has 1 fully saturated rings. The summed E-state index contributed by atoms with van der Waals surface area (Å²) in [5, 5.41) is 14.9. The summed E-state index contributed by atoms with van der Waals surface area (Å²) in [5.41, 5.74) is 1.39. The highest BCUT2D eigenvalue weighted by Gasteiger charge is 2.20. The molecule has 5 heteroatoms. The van der Waals surface area contributed by atoms with Crippen LogP contribution in [0.15, 0.2) is 18.2 Å². The van der Waals surface area contributed by atoms with Crippen molar-refractivity contribution in [2.75, 3.05) is 19.0 Å². The lowest BCUT2D eigenvalue weighted by atomic mass is 10.2. The van der Waals surface area contributed by atoms with Crippen molar-refractivity contribution >= 4 is 11.6 Å². The van der Waals surface area contributed by atoms with E-state index >= 15 is 0 Å². The highest BCUT2D eigenvalue weighted by Crippen LogP contribution is 2.25. The number of hydrogen-bond donors (Lipinski definition) is 2. The lowest BCUT2D eigenvalue weighted by molar-refractivity contribution is -0.119. The van der Waals surface area contributed by atoms with Gasteiger partial charge in [0, 0.05) is 25.1 Å². The number of anilines is 1. The van der Waals surface area contributed by atoms with Crippen LogP contribution in [0.1, 0.15) is 18.4 Å². The van der Waals surface area contributed by atoms with E-state index in [1.54, 1.807) is 19.2 Å². The molecule has 0 aliphatic carbocycles. The van der Waals surface area contributed by atoms with Crippen LogP contribution in [-0.2, 0) is 4.79 Å². The van der Waals surface area contributed by atoms with Crippen molar-refractivity contribution in [2.45, 2.75) is 18.9 Å². The van der Waals surface area contributed by atoms with Gasteiger partial charge in [0.1, 0.15) is 5.75 Å². The van der Waals surface area contributed by atoms with Crippen molar-refractivity contribution in [1.29, 1.82) is 5.26 Å². The molecular formula is C13H15N3O2. The molecule has 18 heavy (non-hydrogen) atoms. The second-order valence-electron chi connectivity index (χ2n) is 4.21. The van der Waals surface area contributed by atoms with E-state index in [1.165, 1.54) is 0 Å². The lowest BCUT2D eigenvalue weighted by Gasteiger charge is -2.15. The molecule has 2 N–H and O–H groups in total. The van der Waals surface area contributed by atoms with Crippen LogP contribution in [0.3, 0.4) is 0 Å². The molecule has 0 radical (unpaired) electrons. The van der Waals surface area contributed by atoms with Gasteiger partial charge in [-0.3, -0.25) is 4.79 Å². The molecule has 0 saturated carbocycles. The van der Waals surface area contributed by atoms with Crippen LogP contribution in [0.2, 0.25) is 0 Å². The van der Waals surface area contributed by atoms with Gasteiger partial charge >= 0.3 is 0 Å². The predicted octanol–water partition coefficient (Wildman–Crippen LogP) is 1.26. The molecule has 1 amide bonds. The van der Waals surface area contributed by atoms with Crippen molar-refractivity contribution in [2.24, 2.45) is 0 Å². The Hall–Kier alpha value is -2.22. The normalized spacial score (nSPS) is 18.0. The summed E-state index contributed by atoms with van der Waals surface area (Å²) in [6.45, 7) is 0.661. The van der Waals surface area contributed by atoms with E-state index in [0.29, 0.717) is 24.3 Å². The number of amides is 1. The summed E-state index contributed by atoms with van der Waals surface area (Å²) in [4.78, 5) is 11.1. The molecule has 0 bridgehead atoms. The Morgan fingerprint density at radius 1 is 1.61 bits per heavy atom. The van der Waals surface area contributed by atoms with Gasteiger partial charge in [-0.1, -0.05) is 0 Å². The Morgan fingerprint density at radius 3 is 3.06 bits per heavy atom. The van der Waals surface area contributed by atoms with Gasteiger partial charge in [0.15, 0.2) is 0 Å². The van der Waals surface area contributed by atoms with Crippen LogP contribution in [0.4, 0.5) is 5.69 Å². The fraction of sp³-hybridized carbons (Fsp3) is 0.385. The van der Waals surface area contributed by atoms with Crippen LogP contribution in [0.5, 0.6) is 5.75 Å². The van der Waals surface area contributed by atoms with Gasteiger partial charge in [0.25, 0.3) is 0 Å². The summed E-state index contributed by atoms with van der Waals surface area (Å²) in [7, 11) is 1.57. The van der Waals surface area contributed by atoms with E-state index in [1.807, 2.05) is 6.07 Å². The first-order valence-electron chi connectivity index (χ1n) is 5.84. The van der Waals surface area contributed by atoms with Crippen LogP contribution >= 0.6 is 0 Å². The number of benzene rings is 1. The fourth-order valence-corrected chi connectivity index (χ4v) is 1.97. The fourth-order valence-electron chi connectivity index (χ4n) is 1.97. The molecular weight excluding hydrogens is 230 g/mol. The molecule has 1 aliphatic rings. The molecule has 1 atom stereocenters. The number of carbonyl (C=O) groups excluding carboxylic acids is 1. The second-order valence-corrected chi connectivity index (χ2v) is 4.21. The molecule has 1 saturated heterocycles. The topological polar surface area (TPSA) is 74.1 Å². The Balaban J connectivity index is 2.00. The zero-order valence-corrected chi connectivity index (χ0v) is 10.2. The summed E-state index contributed by atoms with van der Waals surface area (Å²) in [6, 6.07) is 7.47. The largest absolute Gasteiger partial charge is 0.495 e. The number of carbonyl (C=O) groups is 1. The minimum Gasteiger partial charge on any atom is -0.495 e. The number of rotatable bonds is 4. The predicted molar refractivity (Wildman–Crippen MR) is 67.4 cm³/mol. The summed E-state index contributed by atoms with van der Waals surface area (Å²) in [6.07, 6.45) is 1.45. The maximum atomic E-state index is 11.1. The number of hydrogen-bond acceptors (Lipinski definition) is 4. The molecule has 1 aliphatic heterocycles. The average Bonchev–Trinajstić information content (AvgIpc) is 2.82. The first-order chi connectivity index (χ1) is 8.72. The van der Waals surface area contributed by atoms with Gasteiger partial charge in [-0.05, 0) is 18.6 Å². The van der Waals surface area contributed by atoms with E-state index < -0.39 is 0 Å². The van der Waals surface area contributed by atoms with Crippen LogP contribution < -0.4 is 15.4 Å². The highest BCUT2D eigenvalue weighted by molar-refractivity contribution is 5.78. The molecule has 1 unspecified atom stereocenters. The van der Waals surface area contributed by atoms with Gasteiger partial charge in [0.05, 0.1) is 24.4 Å². The van der Waals surface area contributed by atoms with Gasteiger partial charge in [0.2, 0.25) is 5.91 Å². The quantitative estimate of drug-likeness (QED) is 0.837.